The largest absolute Gasteiger partial charge is 0.456 e. The second kappa shape index (κ2) is 13.8. The molecule has 2 aromatic heterocycles. The number of furan rings is 1. The molecule has 0 amide bonds. The molecule has 0 saturated heterocycles. The van der Waals surface area contributed by atoms with E-state index in [1.165, 1.54) is 59.9 Å². The molecule has 1 aliphatic carbocycles. The van der Waals surface area contributed by atoms with Crippen LogP contribution in [-0.4, -0.2) is 16.2 Å². The monoisotopic (exact) mass is 794 g/mol. The van der Waals surface area contributed by atoms with Gasteiger partial charge in [-0.25, -0.2) is 9.98 Å². The molecule has 62 heavy (non-hydrogen) atoms. The molecule has 1 N–H and O–H groups in total. The average Bonchev–Trinajstić information content (AvgIpc) is 3.91. The van der Waals surface area contributed by atoms with Crippen molar-refractivity contribution in [1.82, 2.24) is 9.88 Å². The van der Waals surface area contributed by atoms with Crippen LogP contribution in [-0.2, 0) is 0 Å². The Hall–Kier alpha value is -8.02. The maximum absolute atomic E-state index is 6.82. The molecule has 0 radical (unpaired) electrons. The molecule has 0 spiro atoms. The molecular weight excluding hydrogens is 757 g/mol. The van der Waals surface area contributed by atoms with Crippen LogP contribution in [0.25, 0.3) is 81.6 Å². The molecule has 0 saturated carbocycles. The first kappa shape index (κ1) is 34.8. The maximum Gasteiger partial charge on any atom is 0.169 e. The summed E-state index contributed by atoms with van der Waals surface area (Å²) in [4.78, 5) is 10.4. The number of benzene rings is 9. The van der Waals surface area contributed by atoms with Crippen molar-refractivity contribution in [2.45, 2.75) is 18.6 Å². The second-order valence-corrected chi connectivity index (χ2v) is 16.4. The Bertz CT molecular complexity index is 3660. The quantitative estimate of drug-likeness (QED) is 0.189. The maximum atomic E-state index is 6.82. The van der Waals surface area contributed by atoms with Gasteiger partial charge in [0, 0.05) is 32.7 Å². The SMILES string of the molecule is C1=CC(n2c3ccc4ccccc4c3c3c4ccccc4ccc32)CC=C1c1cc2oc3cccc(C4=NC(c5ccccc5)N=C(c5ccccc5)N4)c3c2c2ccccc12. The first-order valence-electron chi connectivity index (χ1n) is 21.4. The van der Waals surface area contributed by atoms with E-state index in [0.29, 0.717) is 0 Å². The summed E-state index contributed by atoms with van der Waals surface area (Å²) in [5.74, 6) is 1.56. The smallest absolute Gasteiger partial charge is 0.169 e. The molecule has 3 heterocycles. The van der Waals surface area contributed by atoms with Gasteiger partial charge in [-0.2, -0.15) is 0 Å². The van der Waals surface area contributed by atoms with Gasteiger partial charge in [-0.15, -0.1) is 0 Å². The fraction of sp³-hybridized carbons (Fsp3) is 0.0526. The Kier molecular flexibility index (Phi) is 7.73. The van der Waals surface area contributed by atoms with Crippen molar-refractivity contribution >= 4 is 93.3 Å². The van der Waals surface area contributed by atoms with Gasteiger partial charge in [-0.3, -0.25) is 0 Å². The molecule has 5 nitrogen and oxygen atoms in total. The van der Waals surface area contributed by atoms with E-state index in [4.69, 9.17) is 14.4 Å². The Balaban J connectivity index is 0.935. The minimum Gasteiger partial charge on any atom is -0.456 e. The van der Waals surface area contributed by atoms with Crippen LogP contribution in [0.15, 0.2) is 215 Å². The summed E-state index contributed by atoms with van der Waals surface area (Å²) in [6, 6.07) is 64.8. The highest BCUT2D eigenvalue weighted by Gasteiger charge is 2.26. The summed E-state index contributed by atoms with van der Waals surface area (Å²) in [6.45, 7) is 0. The predicted octanol–water partition coefficient (Wildman–Crippen LogP) is 14.2. The van der Waals surface area contributed by atoms with E-state index >= 15 is 0 Å². The van der Waals surface area contributed by atoms with Crippen molar-refractivity contribution in [1.29, 1.82) is 0 Å². The molecule has 0 fully saturated rings. The lowest BCUT2D eigenvalue weighted by atomic mass is 9.90. The van der Waals surface area contributed by atoms with Crippen molar-refractivity contribution in [3.05, 3.63) is 222 Å². The standard InChI is InChI=1S/C57H38N4O/c1-3-16-38(17-4-1)55-58-56(39-18-5-2-6-19-39)60-57(59-55)45-24-13-25-49-54(45)53-44-23-12-11-22-43(44)46(34-50(53)62-49)37-26-30-40(31-27-37)61-47-32-28-35-14-7-9-20-41(35)51(47)52-42-21-10-8-15-36(42)29-33-48(52)61/h1-30,32-34,40,55H,31H2,(H,58,59,60). The van der Waals surface area contributed by atoms with Crippen LogP contribution in [0.3, 0.4) is 0 Å². The number of aromatic nitrogens is 1. The number of nitrogens with one attached hydrogen (secondary N) is 1. The Morgan fingerprint density at radius 2 is 1.13 bits per heavy atom. The predicted molar refractivity (Wildman–Crippen MR) is 258 cm³/mol. The zero-order valence-corrected chi connectivity index (χ0v) is 33.7. The molecule has 5 heteroatoms. The number of rotatable bonds is 5. The average molecular weight is 795 g/mol. The summed E-state index contributed by atoms with van der Waals surface area (Å²) in [5.41, 5.74) is 9.60. The van der Waals surface area contributed by atoms with E-state index in [0.717, 1.165) is 62.1 Å². The number of fused-ring (bicyclic) bond motifs is 12. The highest BCUT2D eigenvalue weighted by atomic mass is 16.3. The third-order valence-corrected chi connectivity index (χ3v) is 12.9. The molecule has 11 aromatic rings. The highest BCUT2D eigenvalue weighted by molar-refractivity contribution is 6.30. The Morgan fingerprint density at radius 3 is 1.82 bits per heavy atom. The number of amidine groups is 2. The van der Waals surface area contributed by atoms with E-state index in [2.05, 4.69) is 174 Å². The number of allylic oxidation sites excluding steroid dienone is 4. The number of nitrogens with zero attached hydrogens (tertiary/aromatic N) is 3. The summed E-state index contributed by atoms with van der Waals surface area (Å²) >= 11 is 0. The first-order chi connectivity index (χ1) is 30.7. The van der Waals surface area contributed by atoms with Crippen LogP contribution in [0.5, 0.6) is 0 Å². The zero-order chi connectivity index (χ0) is 40.7. The van der Waals surface area contributed by atoms with Crippen LogP contribution >= 0.6 is 0 Å². The lowest BCUT2D eigenvalue weighted by Gasteiger charge is -2.23. The van der Waals surface area contributed by atoms with Gasteiger partial charge in [0.25, 0.3) is 0 Å². The molecule has 292 valence electrons. The summed E-state index contributed by atoms with van der Waals surface area (Å²) in [6.07, 6.45) is 7.61. The molecule has 9 aromatic carbocycles. The molecule has 13 rings (SSSR count). The third-order valence-electron chi connectivity index (χ3n) is 12.9. The van der Waals surface area contributed by atoms with Gasteiger partial charge in [0.05, 0.1) is 17.1 Å². The second-order valence-electron chi connectivity index (χ2n) is 16.4. The number of hydrogen-bond acceptors (Lipinski definition) is 4. The topological polar surface area (TPSA) is 54.8 Å². The molecular formula is C57H38N4O. The summed E-state index contributed by atoms with van der Waals surface area (Å²) < 4.78 is 9.39. The highest BCUT2D eigenvalue weighted by Crippen LogP contribution is 2.45. The van der Waals surface area contributed by atoms with Crippen molar-refractivity contribution < 1.29 is 4.42 Å². The van der Waals surface area contributed by atoms with Gasteiger partial charge in [0.1, 0.15) is 22.8 Å². The van der Waals surface area contributed by atoms with Gasteiger partial charge in [-0.1, -0.05) is 176 Å². The molecule has 2 aliphatic rings. The van der Waals surface area contributed by atoms with Gasteiger partial charge in [0.15, 0.2) is 6.17 Å². The van der Waals surface area contributed by atoms with Crippen molar-refractivity contribution in [2.24, 2.45) is 9.98 Å². The van der Waals surface area contributed by atoms with Crippen LogP contribution in [0.4, 0.5) is 0 Å². The minimum absolute atomic E-state index is 0.151. The Morgan fingerprint density at radius 1 is 0.500 bits per heavy atom. The minimum atomic E-state index is -0.394. The van der Waals surface area contributed by atoms with Crippen LogP contribution in [0.1, 0.15) is 40.9 Å². The van der Waals surface area contributed by atoms with E-state index < -0.39 is 6.17 Å². The lowest BCUT2D eigenvalue weighted by Crippen LogP contribution is -2.36. The fourth-order valence-electron chi connectivity index (χ4n) is 10.2. The van der Waals surface area contributed by atoms with Gasteiger partial charge < -0.3 is 14.3 Å². The number of hydrogen-bond donors (Lipinski definition) is 1. The van der Waals surface area contributed by atoms with Gasteiger partial charge >= 0.3 is 0 Å². The molecule has 2 atom stereocenters. The van der Waals surface area contributed by atoms with Gasteiger partial charge in [0.2, 0.25) is 0 Å². The van der Waals surface area contributed by atoms with Crippen molar-refractivity contribution in [3.63, 3.8) is 0 Å². The summed E-state index contributed by atoms with van der Waals surface area (Å²) in [5, 5.41) is 15.9. The zero-order valence-electron chi connectivity index (χ0n) is 33.7. The lowest BCUT2D eigenvalue weighted by molar-refractivity contribution is 0.649. The first-order valence-corrected chi connectivity index (χ1v) is 21.4. The molecule has 2 unspecified atom stereocenters. The van der Waals surface area contributed by atoms with E-state index in [1.54, 1.807) is 0 Å². The van der Waals surface area contributed by atoms with Crippen molar-refractivity contribution in [2.75, 3.05) is 0 Å². The Labute approximate surface area is 357 Å². The molecule has 1 aliphatic heterocycles. The normalized spacial score (nSPS) is 16.7. The van der Waals surface area contributed by atoms with Crippen molar-refractivity contribution in [3.8, 4) is 0 Å². The van der Waals surface area contributed by atoms with E-state index in [1.807, 2.05) is 36.4 Å². The van der Waals surface area contributed by atoms with Crippen LogP contribution < -0.4 is 5.32 Å². The number of aliphatic imine (C=N–C) groups is 2. The van der Waals surface area contributed by atoms with E-state index in [9.17, 15) is 0 Å². The fourth-order valence-corrected chi connectivity index (χ4v) is 10.2. The van der Waals surface area contributed by atoms with Crippen LogP contribution in [0.2, 0.25) is 0 Å². The third kappa shape index (κ3) is 5.35. The molecule has 0 bridgehead atoms. The van der Waals surface area contributed by atoms with Crippen LogP contribution in [0, 0.1) is 0 Å². The van der Waals surface area contributed by atoms with E-state index in [-0.39, 0.29) is 6.04 Å². The van der Waals surface area contributed by atoms with Gasteiger partial charge in [-0.05, 0) is 79.7 Å². The summed E-state index contributed by atoms with van der Waals surface area (Å²) in [7, 11) is 0.